The van der Waals surface area contributed by atoms with Crippen LogP contribution in [0, 0.1) is 5.92 Å². The van der Waals surface area contributed by atoms with E-state index in [-0.39, 0.29) is 0 Å². The Morgan fingerprint density at radius 1 is 0.478 bits per heavy atom. The van der Waals surface area contributed by atoms with E-state index in [1.54, 1.807) is 0 Å². The largest absolute Gasteiger partial charge is 0.456 e. The van der Waals surface area contributed by atoms with Gasteiger partial charge in [-0.15, -0.1) is 0 Å². The Hall–Kier alpha value is -8.40. The van der Waals surface area contributed by atoms with Gasteiger partial charge in [0.25, 0.3) is 0 Å². The predicted octanol–water partition coefficient (Wildman–Crippen LogP) is 16.7. The third kappa shape index (κ3) is 5.52. The van der Waals surface area contributed by atoms with Crippen molar-refractivity contribution in [2.24, 2.45) is 5.92 Å². The van der Waals surface area contributed by atoms with Crippen molar-refractivity contribution < 1.29 is 4.74 Å². The number of hydrogen-bond donors (Lipinski definition) is 0. The smallest absolute Gasteiger partial charge is 0.140 e. The summed E-state index contributed by atoms with van der Waals surface area (Å²) in [5.74, 6) is 2.35. The number of aromatic nitrogens is 1. The van der Waals surface area contributed by atoms with Gasteiger partial charge in [-0.3, -0.25) is 0 Å². The second kappa shape index (κ2) is 14.6. The van der Waals surface area contributed by atoms with Gasteiger partial charge in [0.15, 0.2) is 0 Å². The van der Waals surface area contributed by atoms with E-state index in [9.17, 15) is 0 Å². The average molecular weight is 857 g/mol. The van der Waals surface area contributed by atoms with E-state index < -0.39 is 5.41 Å². The van der Waals surface area contributed by atoms with E-state index in [0.29, 0.717) is 5.92 Å². The van der Waals surface area contributed by atoms with Crippen molar-refractivity contribution in [2.45, 2.75) is 18.8 Å². The summed E-state index contributed by atoms with van der Waals surface area (Å²) in [5.41, 5.74) is 18.5. The molecule has 11 aromatic rings. The average Bonchev–Trinajstić information content (AvgIpc) is 3.87. The van der Waals surface area contributed by atoms with Crippen molar-refractivity contribution in [1.82, 2.24) is 4.57 Å². The molecule has 2 unspecified atom stereocenters. The summed E-state index contributed by atoms with van der Waals surface area (Å²) in [4.78, 5) is 2.46. The summed E-state index contributed by atoms with van der Waals surface area (Å²) >= 11 is 0. The highest BCUT2D eigenvalue weighted by molar-refractivity contribution is 6.11. The number of para-hydroxylation sites is 2. The van der Waals surface area contributed by atoms with Gasteiger partial charge in [0, 0.05) is 55.6 Å². The summed E-state index contributed by atoms with van der Waals surface area (Å²) in [7, 11) is 0. The van der Waals surface area contributed by atoms with Crippen LogP contribution < -0.4 is 9.64 Å². The topological polar surface area (TPSA) is 17.4 Å². The summed E-state index contributed by atoms with van der Waals surface area (Å²) in [6.07, 6.45) is 5.55. The molecule has 0 saturated carbocycles. The molecule has 14 rings (SSSR count). The molecule has 0 bridgehead atoms. The molecule has 0 N–H and O–H groups in total. The van der Waals surface area contributed by atoms with Gasteiger partial charge < -0.3 is 14.2 Å². The van der Waals surface area contributed by atoms with E-state index >= 15 is 0 Å². The van der Waals surface area contributed by atoms with Gasteiger partial charge in [0.05, 0.1) is 16.4 Å². The fraction of sp³-hybridized carbons (Fsp3) is 0.0625. The van der Waals surface area contributed by atoms with E-state index in [2.05, 4.69) is 247 Å². The lowest BCUT2D eigenvalue weighted by Crippen LogP contribution is -2.33. The molecule has 2 aliphatic carbocycles. The lowest BCUT2D eigenvalue weighted by Gasteiger charge is -2.41. The number of benzene rings is 10. The molecule has 1 aromatic heterocycles. The van der Waals surface area contributed by atoms with Crippen LogP contribution in [0.2, 0.25) is 0 Å². The quantitative estimate of drug-likeness (QED) is 0.172. The van der Waals surface area contributed by atoms with Gasteiger partial charge in [0.1, 0.15) is 11.5 Å². The van der Waals surface area contributed by atoms with Crippen LogP contribution in [0.1, 0.15) is 40.3 Å². The van der Waals surface area contributed by atoms with Gasteiger partial charge in [-0.25, -0.2) is 0 Å². The minimum atomic E-state index is -0.649. The highest BCUT2D eigenvalue weighted by Gasteiger charge is 2.52. The number of ether oxygens (including phenoxy) is 1. The molecule has 67 heavy (non-hydrogen) atoms. The Bertz CT molecular complexity index is 3830. The standard InChI is InChI=1S/C64H44N2O/c1-41-24-25-45-29-36-58-63(54(45)38-41)67-62-50-19-9-8-16-44(50)28-35-57(62)64(58)56-22-12-10-20-51(56)52-34-32-49(40-59(52)64)65(47-30-26-43(27-31-47)42-14-4-2-5-15-42)48-33-37-61-55(39-48)53-21-11-13-23-60(53)66(61)46-17-6-3-7-18-46/h2-37,39-41H,38H2,1H3. The van der Waals surface area contributed by atoms with E-state index in [0.717, 1.165) is 46.1 Å². The van der Waals surface area contributed by atoms with Gasteiger partial charge in [-0.1, -0.05) is 177 Å². The fourth-order valence-electron chi connectivity index (χ4n) is 11.8. The maximum absolute atomic E-state index is 7.38. The highest BCUT2D eigenvalue weighted by atomic mass is 16.5. The Labute approximate surface area is 390 Å². The zero-order chi connectivity index (χ0) is 44.2. The molecule has 0 saturated heterocycles. The molecule has 3 aliphatic rings. The molecule has 3 heteroatoms. The van der Waals surface area contributed by atoms with Gasteiger partial charge >= 0.3 is 0 Å². The van der Waals surface area contributed by atoms with Crippen molar-refractivity contribution in [3.63, 3.8) is 0 Å². The molecule has 0 fully saturated rings. The molecule has 316 valence electrons. The van der Waals surface area contributed by atoms with Crippen LogP contribution in [0.3, 0.4) is 0 Å². The van der Waals surface area contributed by atoms with Crippen LogP contribution in [0.25, 0.3) is 66.6 Å². The van der Waals surface area contributed by atoms with Crippen molar-refractivity contribution in [3.8, 4) is 39.4 Å². The molecule has 10 aromatic carbocycles. The molecule has 1 aliphatic heterocycles. The first-order chi connectivity index (χ1) is 33.1. The summed E-state index contributed by atoms with van der Waals surface area (Å²) in [6, 6.07) is 80.6. The molecule has 0 radical (unpaired) electrons. The lowest BCUT2D eigenvalue weighted by molar-refractivity contribution is 0.433. The second-order valence-electron chi connectivity index (χ2n) is 18.5. The third-order valence-corrected chi connectivity index (χ3v) is 14.8. The first-order valence-corrected chi connectivity index (χ1v) is 23.5. The van der Waals surface area contributed by atoms with Crippen molar-refractivity contribution in [3.05, 3.63) is 258 Å². The Morgan fingerprint density at radius 2 is 1.12 bits per heavy atom. The molecule has 1 spiro atoms. The van der Waals surface area contributed by atoms with Crippen LogP contribution in [0.15, 0.2) is 224 Å². The minimum Gasteiger partial charge on any atom is -0.456 e. The number of fused-ring (bicyclic) bond motifs is 16. The molecule has 3 nitrogen and oxygen atoms in total. The highest BCUT2D eigenvalue weighted by Crippen LogP contribution is 2.64. The summed E-state index contributed by atoms with van der Waals surface area (Å²) < 4.78 is 9.77. The minimum absolute atomic E-state index is 0.406. The van der Waals surface area contributed by atoms with Crippen LogP contribution in [-0.2, 0) is 11.8 Å². The number of rotatable bonds is 5. The molecular weight excluding hydrogens is 813 g/mol. The maximum atomic E-state index is 7.38. The molecule has 0 amide bonds. The third-order valence-electron chi connectivity index (χ3n) is 14.8. The maximum Gasteiger partial charge on any atom is 0.140 e. The van der Waals surface area contributed by atoms with Crippen LogP contribution in [-0.4, -0.2) is 4.57 Å². The van der Waals surface area contributed by atoms with Gasteiger partial charge in [0.2, 0.25) is 0 Å². The molecule has 2 atom stereocenters. The Kier molecular flexibility index (Phi) is 8.24. The number of nitrogens with zero attached hydrogens (tertiary/aromatic N) is 2. The van der Waals surface area contributed by atoms with Crippen molar-refractivity contribution >= 4 is 55.7 Å². The van der Waals surface area contributed by atoms with E-state index in [1.165, 1.54) is 82.8 Å². The zero-order valence-corrected chi connectivity index (χ0v) is 37.0. The van der Waals surface area contributed by atoms with Crippen molar-refractivity contribution in [2.75, 3.05) is 4.90 Å². The first-order valence-electron chi connectivity index (χ1n) is 23.5. The normalized spacial score (nSPS) is 16.3. The van der Waals surface area contributed by atoms with Gasteiger partial charge in [-0.05, 0) is 117 Å². The first kappa shape index (κ1) is 37.9. The number of allylic oxidation sites excluding steroid dienone is 1. The van der Waals surface area contributed by atoms with Gasteiger partial charge in [-0.2, -0.15) is 0 Å². The van der Waals surface area contributed by atoms with Crippen molar-refractivity contribution in [1.29, 1.82) is 0 Å². The number of hydrogen-bond acceptors (Lipinski definition) is 2. The summed E-state index contributed by atoms with van der Waals surface area (Å²) in [6.45, 7) is 2.31. The van der Waals surface area contributed by atoms with E-state index in [4.69, 9.17) is 4.74 Å². The fourth-order valence-corrected chi connectivity index (χ4v) is 11.8. The van der Waals surface area contributed by atoms with Crippen LogP contribution in [0.5, 0.6) is 11.5 Å². The molecule has 2 heterocycles. The lowest BCUT2D eigenvalue weighted by atomic mass is 9.64. The zero-order valence-electron chi connectivity index (χ0n) is 37.0. The van der Waals surface area contributed by atoms with Crippen LogP contribution >= 0.6 is 0 Å². The molecular formula is C64H44N2O. The Morgan fingerprint density at radius 3 is 1.99 bits per heavy atom. The number of anilines is 3. The van der Waals surface area contributed by atoms with Crippen LogP contribution in [0.4, 0.5) is 17.1 Å². The summed E-state index contributed by atoms with van der Waals surface area (Å²) in [5, 5.41) is 4.74. The van der Waals surface area contributed by atoms with E-state index in [1.807, 2.05) is 0 Å². The predicted molar refractivity (Wildman–Crippen MR) is 278 cm³/mol. The SMILES string of the molecule is CC1C=Cc2ccc3c(c2C1)Oc1c(ccc2ccccc12)C31c2ccccc2-c2ccc(N(c3ccc(-c4ccccc4)cc3)c3ccc4c(c3)c3ccccc3n4-c3ccccc3)cc21. The Balaban J connectivity index is 1.04. The second-order valence-corrected chi connectivity index (χ2v) is 18.5. The monoisotopic (exact) mass is 856 g/mol.